The molecule has 3 aromatic heterocycles. The van der Waals surface area contributed by atoms with E-state index in [0.29, 0.717) is 18.0 Å². The van der Waals surface area contributed by atoms with Crippen LogP contribution in [-0.2, 0) is 4.79 Å². The highest BCUT2D eigenvalue weighted by Crippen LogP contribution is 2.20. The molecule has 0 aromatic carbocycles. The van der Waals surface area contributed by atoms with E-state index in [9.17, 15) is 4.79 Å². The zero-order chi connectivity index (χ0) is 15.4. The first-order chi connectivity index (χ1) is 10.8. The van der Waals surface area contributed by atoms with E-state index in [1.807, 2.05) is 28.8 Å². The van der Waals surface area contributed by atoms with Gasteiger partial charge in [0.1, 0.15) is 11.5 Å². The molecular weight excluding hydrogens is 278 g/mol. The van der Waals surface area contributed by atoms with Crippen molar-refractivity contribution in [2.45, 2.75) is 19.3 Å². The molecule has 1 fully saturated rings. The number of fused-ring (bicyclic) bond motifs is 1. The SMILES string of the molecule is C1CC1.Nc1ccc(-c2ccc3nc(NC=O)cn3c2)cn1. The summed E-state index contributed by atoms with van der Waals surface area (Å²) < 4.78 is 1.84. The fourth-order valence-electron chi connectivity index (χ4n) is 1.87. The third kappa shape index (κ3) is 3.41. The summed E-state index contributed by atoms with van der Waals surface area (Å²) in [5.74, 6) is 1.01. The molecule has 1 amide bonds. The Morgan fingerprint density at radius 2 is 1.86 bits per heavy atom. The smallest absolute Gasteiger partial charge is 0.212 e. The second-order valence-electron chi connectivity index (χ2n) is 5.10. The van der Waals surface area contributed by atoms with E-state index < -0.39 is 0 Å². The number of pyridine rings is 2. The lowest BCUT2D eigenvalue weighted by Gasteiger charge is -2.02. The molecule has 1 aliphatic carbocycles. The first-order valence-corrected chi connectivity index (χ1v) is 7.17. The molecule has 22 heavy (non-hydrogen) atoms. The Kier molecular flexibility index (Phi) is 4.00. The van der Waals surface area contributed by atoms with Gasteiger partial charge in [-0.15, -0.1) is 0 Å². The van der Waals surface area contributed by atoms with Gasteiger partial charge in [0.25, 0.3) is 0 Å². The van der Waals surface area contributed by atoms with Crippen LogP contribution in [0.15, 0.2) is 42.9 Å². The molecule has 0 aliphatic heterocycles. The average Bonchev–Trinajstić information content (AvgIpc) is 3.35. The van der Waals surface area contributed by atoms with E-state index in [-0.39, 0.29) is 0 Å². The predicted molar refractivity (Wildman–Crippen MR) is 86.4 cm³/mol. The summed E-state index contributed by atoms with van der Waals surface area (Å²) in [5.41, 5.74) is 8.29. The Morgan fingerprint density at radius 1 is 1.09 bits per heavy atom. The molecule has 112 valence electrons. The predicted octanol–water partition coefficient (Wildman–Crippen LogP) is 2.72. The number of aromatic nitrogens is 3. The van der Waals surface area contributed by atoms with Gasteiger partial charge in [0, 0.05) is 18.0 Å². The standard InChI is InChI=1S/C13H11N5O.C3H6/c14-11-3-1-9(5-15-11)10-2-4-13-17-12(16-8-19)7-18(13)6-10;1-2-3-1/h1-8H,(H2,14,15)(H,16,19);1-3H2. The molecule has 0 bridgehead atoms. The molecule has 0 saturated heterocycles. The Balaban J connectivity index is 0.000000429. The molecular formula is C16H17N5O. The van der Waals surface area contributed by atoms with Crippen LogP contribution < -0.4 is 11.1 Å². The summed E-state index contributed by atoms with van der Waals surface area (Å²) in [7, 11) is 0. The van der Waals surface area contributed by atoms with Crippen molar-refractivity contribution in [3.8, 4) is 11.1 Å². The van der Waals surface area contributed by atoms with Crippen LogP contribution >= 0.6 is 0 Å². The molecule has 3 N–H and O–H groups in total. The first-order valence-electron chi connectivity index (χ1n) is 7.17. The van der Waals surface area contributed by atoms with Gasteiger partial charge in [-0.25, -0.2) is 9.97 Å². The summed E-state index contributed by atoms with van der Waals surface area (Å²) in [6.45, 7) is 0. The van der Waals surface area contributed by atoms with Gasteiger partial charge < -0.3 is 15.5 Å². The lowest BCUT2D eigenvalue weighted by atomic mass is 10.1. The zero-order valence-electron chi connectivity index (χ0n) is 12.1. The average molecular weight is 295 g/mol. The van der Waals surface area contributed by atoms with Crippen LogP contribution in [0.5, 0.6) is 0 Å². The molecule has 0 unspecified atom stereocenters. The molecule has 4 rings (SSSR count). The van der Waals surface area contributed by atoms with Crippen LogP contribution in [0.3, 0.4) is 0 Å². The lowest BCUT2D eigenvalue weighted by molar-refractivity contribution is -0.105. The molecule has 3 heterocycles. The first kappa shape index (κ1) is 14.1. The minimum Gasteiger partial charge on any atom is -0.384 e. The Morgan fingerprint density at radius 3 is 2.50 bits per heavy atom. The summed E-state index contributed by atoms with van der Waals surface area (Å²) >= 11 is 0. The fourth-order valence-corrected chi connectivity index (χ4v) is 1.87. The number of anilines is 2. The van der Waals surface area contributed by atoms with Crippen LogP contribution in [0.25, 0.3) is 16.8 Å². The molecule has 0 radical (unpaired) electrons. The molecule has 0 atom stereocenters. The lowest BCUT2D eigenvalue weighted by Crippen LogP contribution is -1.92. The second kappa shape index (κ2) is 6.26. The van der Waals surface area contributed by atoms with Crippen LogP contribution in [0, 0.1) is 0 Å². The summed E-state index contributed by atoms with van der Waals surface area (Å²) in [6.07, 6.45) is 10.5. The van der Waals surface area contributed by atoms with Gasteiger partial charge in [-0.1, -0.05) is 19.3 Å². The molecule has 3 aromatic rings. The molecule has 0 spiro atoms. The number of nitrogens with two attached hydrogens (primary N) is 1. The third-order valence-corrected chi connectivity index (χ3v) is 3.13. The Hall–Kier alpha value is -2.89. The normalized spacial score (nSPS) is 12.4. The maximum absolute atomic E-state index is 10.4. The number of amides is 1. The highest BCUT2D eigenvalue weighted by atomic mass is 16.1. The van der Waals surface area contributed by atoms with Gasteiger partial charge in [-0.2, -0.15) is 0 Å². The number of hydrogen-bond acceptors (Lipinski definition) is 4. The van der Waals surface area contributed by atoms with Crippen molar-refractivity contribution in [1.29, 1.82) is 0 Å². The number of nitrogens with zero attached hydrogens (tertiary/aromatic N) is 3. The topological polar surface area (TPSA) is 85.3 Å². The fraction of sp³-hybridized carbons (Fsp3) is 0.188. The maximum Gasteiger partial charge on any atom is 0.212 e. The molecule has 1 aliphatic rings. The van der Waals surface area contributed by atoms with E-state index in [4.69, 9.17) is 5.73 Å². The second-order valence-corrected chi connectivity index (χ2v) is 5.10. The van der Waals surface area contributed by atoms with Crippen molar-refractivity contribution >= 4 is 23.7 Å². The van der Waals surface area contributed by atoms with E-state index in [1.165, 1.54) is 19.3 Å². The maximum atomic E-state index is 10.4. The van der Waals surface area contributed by atoms with Gasteiger partial charge >= 0.3 is 0 Å². The van der Waals surface area contributed by atoms with E-state index in [1.54, 1.807) is 18.5 Å². The van der Waals surface area contributed by atoms with Gasteiger partial charge in [0.05, 0.1) is 6.20 Å². The monoisotopic (exact) mass is 295 g/mol. The highest BCUT2D eigenvalue weighted by Gasteiger charge is 2.03. The zero-order valence-corrected chi connectivity index (χ0v) is 12.1. The number of nitrogens with one attached hydrogen (secondary N) is 1. The van der Waals surface area contributed by atoms with Crippen molar-refractivity contribution in [1.82, 2.24) is 14.4 Å². The Labute approximate surface area is 128 Å². The number of carbonyl (C=O) groups excluding carboxylic acids is 1. The minimum absolute atomic E-state index is 0.491. The van der Waals surface area contributed by atoms with Crippen LogP contribution in [0.2, 0.25) is 0 Å². The van der Waals surface area contributed by atoms with Gasteiger partial charge in [-0.3, -0.25) is 4.79 Å². The van der Waals surface area contributed by atoms with Crippen molar-refractivity contribution in [3.63, 3.8) is 0 Å². The van der Waals surface area contributed by atoms with Crippen LogP contribution in [0.4, 0.5) is 11.6 Å². The van der Waals surface area contributed by atoms with E-state index in [2.05, 4.69) is 15.3 Å². The van der Waals surface area contributed by atoms with Crippen molar-refractivity contribution in [2.24, 2.45) is 0 Å². The molecule has 6 nitrogen and oxygen atoms in total. The third-order valence-electron chi connectivity index (χ3n) is 3.13. The quantitative estimate of drug-likeness (QED) is 0.727. The van der Waals surface area contributed by atoms with Crippen molar-refractivity contribution in [2.75, 3.05) is 11.1 Å². The molecule has 1 saturated carbocycles. The van der Waals surface area contributed by atoms with Crippen molar-refractivity contribution < 1.29 is 4.79 Å². The summed E-state index contributed by atoms with van der Waals surface area (Å²) in [4.78, 5) is 18.7. The Bertz CT molecular complexity index is 774. The number of carbonyl (C=O) groups is 1. The minimum atomic E-state index is 0.491. The van der Waals surface area contributed by atoms with Gasteiger partial charge in [0.15, 0.2) is 5.82 Å². The van der Waals surface area contributed by atoms with E-state index >= 15 is 0 Å². The van der Waals surface area contributed by atoms with Crippen LogP contribution in [0.1, 0.15) is 19.3 Å². The highest BCUT2D eigenvalue weighted by molar-refractivity contribution is 5.71. The number of rotatable bonds is 3. The summed E-state index contributed by atoms with van der Waals surface area (Å²) in [6, 6.07) is 7.49. The number of hydrogen-bond donors (Lipinski definition) is 2. The van der Waals surface area contributed by atoms with Crippen molar-refractivity contribution in [3.05, 3.63) is 42.9 Å². The number of nitrogen functional groups attached to an aromatic ring is 1. The van der Waals surface area contributed by atoms with Gasteiger partial charge in [-0.05, 0) is 29.8 Å². The van der Waals surface area contributed by atoms with E-state index in [0.717, 1.165) is 16.8 Å². The summed E-state index contributed by atoms with van der Waals surface area (Å²) in [5, 5.41) is 2.52. The molecule has 6 heteroatoms. The number of imidazole rings is 1. The van der Waals surface area contributed by atoms with Gasteiger partial charge in [0.2, 0.25) is 6.41 Å². The van der Waals surface area contributed by atoms with Crippen LogP contribution in [-0.4, -0.2) is 20.8 Å². The largest absolute Gasteiger partial charge is 0.384 e.